The van der Waals surface area contributed by atoms with Crippen molar-refractivity contribution in [2.75, 3.05) is 4.90 Å². The van der Waals surface area contributed by atoms with Gasteiger partial charge in [0.15, 0.2) is 0 Å². The van der Waals surface area contributed by atoms with Gasteiger partial charge in [-0.05, 0) is 127 Å². The standard InChI is InChI=1S/C57H39NO/c1-4-17-42(18-5-1)57(43-19-6-2-7-20-43)52-26-14-12-25-50(52)55-51(36-40-16-10-11-23-47(40)56(55)57)41-29-28-39-35-45(31-30-38(39)34-41)58(44-21-8-3-9-22-44)46-32-33-49-48-24-13-15-27-53(48)59-54(49)37-46/h1-19,21-37,43H,20H2. The zero-order chi connectivity index (χ0) is 38.9. The van der Waals surface area contributed by atoms with E-state index >= 15 is 0 Å². The number of benzene rings is 9. The summed E-state index contributed by atoms with van der Waals surface area (Å²) in [6.07, 6.45) is 10.2. The van der Waals surface area contributed by atoms with Crippen molar-refractivity contribution in [2.24, 2.45) is 5.92 Å². The van der Waals surface area contributed by atoms with Gasteiger partial charge in [0.1, 0.15) is 11.2 Å². The molecule has 10 aromatic rings. The average molecular weight is 754 g/mol. The summed E-state index contributed by atoms with van der Waals surface area (Å²) in [5.74, 6) is 0.256. The molecule has 59 heavy (non-hydrogen) atoms. The largest absolute Gasteiger partial charge is 0.456 e. The van der Waals surface area contributed by atoms with E-state index < -0.39 is 0 Å². The van der Waals surface area contributed by atoms with Gasteiger partial charge in [-0.3, -0.25) is 0 Å². The van der Waals surface area contributed by atoms with E-state index in [1.54, 1.807) is 0 Å². The summed E-state index contributed by atoms with van der Waals surface area (Å²) in [5, 5.41) is 7.24. The zero-order valence-corrected chi connectivity index (χ0v) is 32.4. The van der Waals surface area contributed by atoms with Crippen molar-refractivity contribution < 1.29 is 4.42 Å². The molecule has 2 nitrogen and oxygen atoms in total. The molecule has 0 aliphatic heterocycles. The van der Waals surface area contributed by atoms with Crippen LogP contribution in [-0.2, 0) is 5.41 Å². The molecule has 1 heterocycles. The van der Waals surface area contributed by atoms with Crippen molar-refractivity contribution in [3.05, 3.63) is 235 Å². The zero-order valence-electron chi connectivity index (χ0n) is 32.4. The van der Waals surface area contributed by atoms with E-state index in [1.165, 1.54) is 60.5 Å². The minimum atomic E-state index is -0.359. The third kappa shape index (κ3) is 5.13. The molecule has 2 aliphatic carbocycles. The molecule has 0 bridgehead atoms. The second kappa shape index (κ2) is 13.3. The Kier molecular flexibility index (Phi) is 7.61. The quantitative estimate of drug-likeness (QED) is 0.168. The molecule has 2 heteroatoms. The molecule has 9 aromatic carbocycles. The fourth-order valence-electron chi connectivity index (χ4n) is 10.4. The smallest absolute Gasteiger partial charge is 0.137 e. The van der Waals surface area contributed by atoms with Gasteiger partial charge in [0.2, 0.25) is 0 Å². The number of hydrogen-bond donors (Lipinski definition) is 0. The first-order valence-electron chi connectivity index (χ1n) is 20.6. The van der Waals surface area contributed by atoms with Crippen LogP contribution < -0.4 is 4.90 Å². The van der Waals surface area contributed by atoms with E-state index in [1.807, 2.05) is 12.1 Å². The van der Waals surface area contributed by atoms with Gasteiger partial charge in [0.05, 0.1) is 5.41 Å². The van der Waals surface area contributed by atoms with Crippen molar-refractivity contribution >= 4 is 60.5 Å². The van der Waals surface area contributed by atoms with Crippen molar-refractivity contribution in [3.63, 3.8) is 0 Å². The number of fused-ring (bicyclic) bond motifs is 9. The molecule has 2 aliphatic rings. The molecular weight excluding hydrogens is 715 g/mol. The van der Waals surface area contributed by atoms with Crippen molar-refractivity contribution in [3.8, 4) is 22.3 Å². The highest BCUT2D eigenvalue weighted by Gasteiger charge is 2.50. The van der Waals surface area contributed by atoms with Crippen LogP contribution in [0.1, 0.15) is 23.1 Å². The van der Waals surface area contributed by atoms with Gasteiger partial charge < -0.3 is 9.32 Å². The first-order chi connectivity index (χ1) is 29.3. The van der Waals surface area contributed by atoms with Crippen LogP contribution in [0.5, 0.6) is 0 Å². The third-order valence-electron chi connectivity index (χ3n) is 12.9. The fourth-order valence-corrected chi connectivity index (χ4v) is 10.4. The SMILES string of the molecule is C1=CCC(C2(c3ccccc3)c3ccccc3-c3c(-c4ccc5cc(N(c6ccccc6)c6ccc7c(c6)oc6ccccc67)ccc5c4)cc4ccccc4c32)C=C1. The minimum Gasteiger partial charge on any atom is -0.456 e. The topological polar surface area (TPSA) is 16.4 Å². The van der Waals surface area contributed by atoms with Crippen LogP contribution in [0, 0.1) is 5.92 Å². The molecule has 278 valence electrons. The lowest BCUT2D eigenvalue weighted by molar-refractivity contribution is 0.460. The first-order valence-corrected chi connectivity index (χ1v) is 20.6. The van der Waals surface area contributed by atoms with Gasteiger partial charge in [0, 0.05) is 33.9 Å². The van der Waals surface area contributed by atoms with Crippen LogP contribution in [0.15, 0.2) is 223 Å². The van der Waals surface area contributed by atoms with Gasteiger partial charge in [-0.1, -0.05) is 158 Å². The molecule has 2 unspecified atom stereocenters. The summed E-state index contributed by atoms with van der Waals surface area (Å²) in [4.78, 5) is 2.32. The summed E-state index contributed by atoms with van der Waals surface area (Å²) in [7, 11) is 0. The van der Waals surface area contributed by atoms with Crippen LogP contribution in [0.4, 0.5) is 17.1 Å². The van der Waals surface area contributed by atoms with Gasteiger partial charge >= 0.3 is 0 Å². The average Bonchev–Trinajstić information content (AvgIpc) is 3.84. The Hall–Kier alpha value is -7.42. The summed E-state index contributed by atoms with van der Waals surface area (Å²) >= 11 is 0. The molecule has 2 atom stereocenters. The second-order valence-electron chi connectivity index (χ2n) is 16.0. The number of furan rings is 1. The highest BCUT2D eigenvalue weighted by molar-refractivity contribution is 6.08. The van der Waals surface area contributed by atoms with Crippen LogP contribution in [0.2, 0.25) is 0 Å². The summed E-state index contributed by atoms with van der Waals surface area (Å²) < 4.78 is 6.36. The third-order valence-corrected chi connectivity index (χ3v) is 12.9. The van der Waals surface area contributed by atoms with Crippen LogP contribution in [-0.4, -0.2) is 0 Å². The monoisotopic (exact) mass is 753 g/mol. The van der Waals surface area contributed by atoms with Crippen LogP contribution in [0.25, 0.3) is 65.7 Å². The Balaban J connectivity index is 1.04. The molecular formula is C57H39NO. The Morgan fingerprint density at radius 2 is 1.17 bits per heavy atom. The van der Waals surface area contributed by atoms with Gasteiger partial charge in [-0.25, -0.2) is 0 Å². The van der Waals surface area contributed by atoms with Crippen molar-refractivity contribution in [1.82, 2.24) is 0 Å². The summed E-state index contributed by atoms with van der Waals surface area (Å²) in [6.45, 7) is 0. The van der Waals surface area contributed by atoms with E-state index in [0.29, 0.717) is 0 Å². The lowest BCUT2D eigenvalue weighted by Crippen LogP contribution is -2.35. The maximum atomic E-state index is 6.36. The normalized spacial score (nSPS) is 16.8. The number of rotatable bonds is 6. The summed E-state index contributed by atoms with van der Waals surface area (Å²) in [6, 6.07) is 71.2. The highest BCUT2D eigenvalue weighted by atomic mass is 16.3. The number of para-hydroxylation sites is 2. The summed E-state index contributed by atoms with van der Waals surface area (Å²) in [5.41, 5.74) is 14.0. The van der Waals surface area contributed by atoms with Crippen molar-refractivity contribution in [1.29, 1.82) is 0 Å². The van der Waals surface area contributed by atoms with E-state index in [0.717, 1.165) is 45.4 Å². The molecule has 12 rings (SSSR count). The molecule has 1 aromatic heterocycles. The predicted octanol–water partition coefficient (Wildman–Crippen LogP) is 15.5. The molecule has 0 N–H and O–H groups in total. The molecule has 0 spiro atoms. The number of allylic oxidation sites excluding steroid dienone is 4. The number of anilines is 3. The van der Waals surface area contributed by atoms with Gasteiger partial charge in [0.25, 0.3) is 0 Å². The molecule has 0 fully saturated rings. The minimum absolute atomic E-state index is 0.256. The van der Waals surface area contributed by atoms with Crippen molar-refractivity contribution in [2.45, 2.75) is 11.8 Å². The number of hydrogen-bond acceptors (Lipinski definition) is 2. The van der Waals surface area contributed by atoms with Crippen LogP contribution in [0.3, 0.4) is 0 Å². The Labute approximate surface area is 343 Å². The van der Waals surface area contributed by atoms with E-state index in [-0.39, 0.29) is 11.3 Å². The molecule has 0 amide bonds. The lowest BCUT2D eigenvalue weighted by atomic mass is 9.61. The van der Waals surface area contributed by atoms with E-state index in [4.69, 9.17) is 4.42 Å². The Morgan fingerprint density at radius 1 is 0.475 bits per heavy atom. The first kappa shape index (κ1) is 33.7. The molecule has 0 saturated carbocycles. The molecule has 0 radical (unpaired) electrons. The van der Waals surface area contributed by atoms with Crippen LogP contribution >= 0.6 is 0 Å². The Bertz CT molecular complexity index is 3320. The van der Waals surface area contributed by atoms with E-state index in [2.05, 4.69) is 211 Å². The van der Waals surface area contributed by atoms with Gasteiger partial charge in [-0.15, -0.1) is 0 Å². The maximum Gasteiger partial charge on any atom is 0.137 e. The van der Waals surface area contributed by atoms with Gasteiger partial charge in [-0.2, -0.15) is 0 Å². The number of nitrogens with zero attached hydrogens (tertiary/aromatic N) is 1. The molecule has 0 saturated heterocycles. The predicted molar refractivity (Wildman–Crippen MR) is 247 cm³/mol. The van der Waals surface area contributed by atoms with E-state index in [9.17, 15) is 0 Å². The highest BCUT2D eigenvalue weighted by Crippen LogP contribution is 2.61. The lowest BCUT2D eigenvalue weighted by Gasteiger charge is -2.40. The Morgan fingerprint density at radius 3 is 2.03 bits per heavy atom. The second-order valence-corrected chi connectivity index (χ2v) is 16.0. The fraction of sp³-hybridized carbons (Fsp3) is 0.0526. The maximum absolute atomic E-state index is 6.36.